The average Bonchev–Trinajstić information content (AvgIpc) is 2.68. The molecule has 4 nitrogen and oxygen atoms in total. The first kappa shape index (κ1) is 18.7. The summed E-state index contributed by atoms with van der Waals surface area (Å²) in [4.78, 5) is 12.8. The van der Waals surface area contributed by atoms with Crippen LogP contribution in [0.5, 0.6) is 0 Å². The number of amides is 2. The number of allylic oxidation sites excluding steroid dienone is 1. The number of carbonyl (C=O) groups is 1. The molecule has 27 heavy (non-hydrogen) atoms. The molecule has 0 aliphatic heterocycles. The van der Waals surface area contributed by atoms with E-state index in [-0.39, 0.29) is 11.4 Å². The summed E-state index contributed by atoms with van der Waals surface area (Å²) in [6, 6.07) is 17.8. The van der Waals surface area contributed by atoms with Gasteiger partial charge in [0.05, 0.1) is 17.3 Å². The van der Waals surface area contributed by atoms with Crippen LogP contribution in [0.25, 0.3) is 5.70 Å². The summed E-state index contributed by atoms with van der Waals surface area (Å²) >= 11 is 0. The molecule has 1 aliphatic rings. The maximum Gasteiger partial charge on any atom is 0.323 e. The monoisotopic (exact) mass is 359 g/mol. The highest BCUT2D eigenvalue weighted by Crippen LogP contribution is 2.43. The maximum absolute atomic E-state index is 12.8. The van der Waals surface area contributed by atoms with Gasteiger partial charge in [-0.05, 0) is 36.5 Å². The Morgan fingerprint density at radius 1 is 1.11 bits per heavy atom. The van der Waals surface area contributed by atoms with Crippen molar-refractivity contribution in [3.63, 3.8) is 0 Å². The SMILES string of the molecule is CCc1ccccc1NC(=O)NC1=C(C#N)[C@@](C)(CC)Cc2ccccc21. The Kier molecular flexibility index (Phi) is 5.32. The van der Waals surface area contributed by atoms with Crippen molar-refractivity contribution in [2.75, 3.05) is 5.32 Å². The molecule has 0 heterocycles. The topological polar surface area (TPSA) is 64.9 Å². The van der Waals surface area contributed by atoms with Gasteiger partial charge in [-0.1, -0.05) is 63.2 Å². The van der Waals surface area contributed by atoms with Crippen LogP contribution in [0.3, 0.4) is 0 Å². The number of aryl methyl sites for hydroxylation is 1. The number of carbonyl (C=O) groups excluding carboxylic acids is 1. The summed E-state index contributed by atoms with van der Waals surface area (Å²) in [6.45, 7) is 6.23. The van der Waals surface area contributed by atoms with Crippen molar-refractivity contribution in [2.45, 2.75) is 40.0 Å². The molecule has 0 bridgehead atoms. The molecular weight excluding hydrogens is 334 g/mol. The maximum atomic E-state index is 12.8. The van der Waals surface area contributed by atoms with Gasteiger partial charge in [0.1, 0.15) is 0 Å². The Morgan fingerprint density at radius 2 is 1.81 bits per heavy atom. The average molecular weight is 359 g/mol. The molecule has 4 heteroatoms. The molecule has 0 fully saturated rings. The third-order valence-electron chi connectivity index (χ3n) is 5.50. The standard InChI is InChI=1S/C23H25N3O/c1-4-16-10-7-9-13-20(16)25-22(27)26-21-18-12-8-6-11-17(18)14-23(3,5-2)19(21)15-24/h6-13H,4-5,14H2,1-3H3,(H2,25,26,27)/t23-/m0/s1. The van der Waals surface area contributed by atoms with Gasteiger partial charge in [0, 0.05) is 16.7 Å². The largest absolute Gasteiger partial charge is 0.323 e. The first-order valence-corrected chi connectivity index (χ1v) is 9.41. The van der Waals surface area contributed by atoms with E-state index in [2.05, 4.69) is 43.5 Å². The van der Waals surface area contributed by atoms with Crippen LogP contribution < -0.4 is 10.6 Å². The molecular formula is C23H25N3O. The van der Waals surface area contributed by atoms with Gasteiger partial charge in [-0.25, -0.2) is 4.79 Å². The number of nitrogens with zero attached hydrogens (tertiary/aromatic N) is 1. The minimum absolute atomic E-state index is 0.285. The van der Waals surface area contributed by atoms with E-state index in [0.717, 1.165) is 41.6 Å². The fourth-order valence-corrected chi connectivity index (χ4v) is 3.70. The van der Waals surface area contributed by atoms with E-state index in [1.54, 1.807) is 0 Å². The molecule has 2 N–H and O–H groups in total. The van der Waals surface area contributed by atoms with Crippen LogP contribution in [-0.2, 0) is 12.8 Å². The van der Waals surface area contributed by atoms with Gasteiger partial charge in [0.2, 0.25) is 0 Å². The second-order valence-corrected chi connectivity index (χ2v) is 7.20. The number of anilines is 1. The second kappa shape index (κ2) is 7.67. The molecule has 0 unspecified atom stereocenters. The zero-order chi connectivity index (χ0) is 19.4. The first-order valence-electron chi connectivity index (χ1n) is 9.41. The molecule has 138 valence electrons. The molecule has 0 saturated carbocycles. The lowest BCUT2D eigenvalue weighted by Crippen LogP contribution is -2.35. The molecule has 0 radical (unpaired) electrons. The Hall–Kier alpha value is -3.06. The summed E-state index contributed by atoms with van der Waals surface area (Å²) in [6.07, 6.45) is 2.46. The molecule has 2 aromatic carbocycles. The molecule has 0 spiro atoms. The zero-order valence-electron chi connectivity index (χ0n) is 16.1. The van der Waals surface area contributed by atoms with Crippen LogP contribution in [0.1, 0.15) is 43.9 Å². The van der Waals surface area contributed by atoms with E-state index in [4.69, 9.17) is 0 Å². The van der Waals surface area contributed by atoms with Gasteiger partial charge in [-0.2, -0.15) is 5.26 Å². The van der Waals surface area contributed by atoms with E-state index >= 15 is 0 Å². The number of para-hydroxylation sites is 1. The highest BCUT2D eigenvalue weighted by molar-refractivity contribution is 5.97. The third kappa shape index (κ3) is 3.59. The molecule has 0 saturated heterocycles. The van der Waals surface area contributed by atoms with E-state index in [1.165, 1.54) is 0 Å². The smallest absolute Gasteiger partial charge is 0.307 e. The van der Waals surface area contributed by atoms with Gasteiger partial charge in [0.15, 0.2) is 0 Å². The summed E-state index contributed by atoms with van der Waals surface area (Å²) in [5.74, 6) is 0. The summed E-state index contributed by atoms with van der Waals surface area (Å²) in [7, 11) is 0. The fourth-order valence-electron chi connectivity index (χ4n) is 3.70. The van der Waals surface area contributed by atoms with Crippen LogP contribution >= 0.6 is 0 Å². The third-order valence-corrected chi connectivity index (χ3v) is 5.50. The lowest BCUT2D eigenvalue weighted by molar-refractivity contribution is 0.255. The lowest BCUT2D eigenvalue weighted by atomic mass is 9.69. The number of hydrogen-bond donors (Lipinski definition) is 2. The number of rotatable bonds is 4. The van der Waals surface area contributed by atoms with Crippen LogP contribution in [0.4, 0.5) is 10.5 Å². The second-order valence-electron chi connectivity index (χ2n) is 7.20. The molecule has 3 rings (SSSR count). The number of urea groups is 1. The summed E-state index contributed by atoms with van der Waals surface area (Å²) < 4.78 is 0. The molecule has 2 amide bonds. The van der Waals surface area contributed by atoms with E-state index < -0.39 is 0 Å². The molecule has 2 aromatic rings. The normalized spacial score (nSPS) is 18.4. The zero-order valence-corrected chi connectivity index (χ0v) is 16.1. The predicted molar refractivity (Wildman–Crippen MR) is 109 cm³/mol. The van der Waals surface area contributed by atoms with Gasteiger partial charge >= 0.3 is 6.03 Å². The van der Waals surface area contributed by atoms with E-state index in [1.807, 2.05) is 42.5 Å². The highest BCUT2D eigenvalue weighted by atomic mass is 16.2. The van der Waals surface area contributed by atoms with Crippen molar-refractivity contribution in [1.29, 1.82) is 5.26 Å². The number of benzene rings is 2. The van der Waals surface area contributed by atoms with Crippen LogP contribution in [-0.4, -0.2) is 6.03 Å². The Bertz CT molecular complexity index is 939. The summed E-state index contributed by atoms with van der Waals surface area (Å²) in [5.41, 5.74) is 4.93. The molecule has 0 aromatic heterocycles. The Morgan fingerprint density at radius 3 is 2.52 bits per heavy atom. The van der Waals surface area contributed by atoms with Gasteiger partial charge in [0.25, 0.3) is 0 Å². The van der Waals surface area contributed by atoms with Crippen molar-refractivity contribution in [3.8, 4) is 6.07 Å². The summed E-state index contributed by atoms with van der Waals surface area (Å²) in [5, 5.41) is 15.8. The van der Waals surface area contributed by atoms with Crippen LogP contribution in [0.2, 0.25) is 0 Å². The van der Waals surface area contributed by atoms with Crippen molar-refractivity contribution >= 4 is 17.4 Å². The van der Waals surface area contributed by atoms with Crippen molar-refractivity contribution < 1.29 is 4.79 Å². The molecule has 1 atom stereocenters. The fraction of sp³-hybridized carbons (Fsp3) is 0.304. The number of nitrogens with one attached hydrogen (secondary N) is 2. The minimum atomic E-state index is -0.325. The van der Waals surface area contributed by atoms with Crippen molar-refractivity contribution in [2.24, 2.45) is 5.41 Å². The van der Waals surface area contributed by atoms with Gasteiger partial charge in [-0.15, -0.1) is 0 Å². The first-order chi connectivity index (χ1) is 13.0. The quantitative estimate of drug-likeness (QED) is 0.780. The molecule has 1 aliphatic carbocycles. The Balaban J connectivity index is 1.97. The number of nitriles is 1. The van der Waals surface area contributed by atoms with Crippen LogP contribution in [0, 0.1) is 16.7 Å². The predicted octanol–water partition coefficient (Wildman–Crippen LogP) is 5.28. The number of fused-ring (bicyclic) bond motifs is 1. The van der Waals surface area contributed by atoms with Crippen molar-refractivity contribution in [3.05, 3.63) is 70.8 Å². The van der Waals surface area contributed by atoms with E-state index in [0.29, 0.717) is 11.3 Å². The van der Waals surface area contributed by atoms with E-state index in [9.17, 15) is 10.1 Å². The highest BCUT2D eigenvalue weighted by Gasteiger charge is 2.36. The Labute approximate surface area is 160 Å². The number of hydrogen-bond acceptors (Lipinski definition) is 2. The van der Waals surface area contributed by atoms with Gasteiger partial charge in [-0.3, -0.25) is 0 Å². The lowest BCUT2D eigenvalue weighted by Gasteiger charge is -2.35. The minimum Gasteiger partial charge on any atom is -0.307 e. The van der Waals surface area contributed by atoms with Gasteiger partial charge < -0.3 is 10.6 Å². The van der Waals surface area contributed by atoms with Crippen molar-refractivity contribution in [1.82, 2.24) is 5.32 Å². The van der Waals surface area contributed by atoms with Crippen LogP contribution in [0.15, 0.2) is 54.1 Å².